The molecule has 16 heteroatoms. The number of aromatic nitrogens is 1. The molecule has 0 spiro atoms. The Labute approximate surface area is 291 Å². The van der Waals surface area contributed by atoms with Crippen molar-refractivity contribution in [3.05, 3.63) is 72.6 Å². The van der Waals surface area contributed by atoms with E-state index in [0.717, 1.165) is 49.9 Å². The molecule has 0 unspecified atom stereocenters. The summed E-state index contributed by atoms with van der Waals surface area (Å²) in [5.41, 5.74) is 0.390. The normalized spacial score (nSPS) is 16.6. The first-order valence-electron chi connectivity index (χ1n) is 16.4. The lowest BCUT2D eigenvalue weighted by molar-refractivity contribution is -0.136. The first kappa shape index (κ1) is 37.7. The molecule has 1 aliphatic heterocycles. The van der Waals surface area contributed by atoms with Gasteiger partial charge in [0.25, 0.3) is 11.9 Å². The number of carbonyl (C=O) groups is 4. The number of hydrogen-bond donors (Lipinski definition) is 5. The Morgan fingerprint density at radius 3 is 2.50 bits per heavy atom. The standard InChI is InChI=1S/C32H40N8O5S.C2H4O2/c33-37-22-39-15-4-5-23(21-39)19-36-30(41)18-29(38-46(44,45)28-12-9-24-6-1-2-7-25(24)17-28)32(43)40(27-10-11-27)16-14-35-31(42)26-8-3-13-34-20-26;1-2(3)4/h1-3,6-9,12-13,17,20,22-23,27,29,38H,4-5,10-11,14-16,18-19,21,33H2,(H,35,42)(H,36,41);1H3,(H,3,4)/t23-,29-;/m0./s1. The molecule has 2 fully saturated rings. The van der Waals surface area contributed by atoms with Gasteiger partial charge in [-0.2, -0.15) is 9.82 Å². The van der Waals surface area contributed by atoms with Crippen molar-refractivity contribution < 1.29 is 32.7 Å². The number of carboxylic acids is 1. The number of nitrogens with zero attached hydrogens (tertiary/aromatic N) is 4. The summed E-state index contributed by atoms with van der Waals surface area (Å²) in [7, 11) is -4.19. The van der Waals surface area contributed by atoms with Crippen molar-refractivity contribution in [1.82, 2.24) is 30.1 Å². The molecule has 2 atom stereocenters. The number of hydrogen-bond acceptors (Lipinski definition) is 9. The summed E-state index contributed by atoms with van der Waals surface area (Å²) in [5.74, 6) is 3.34. The highest BCUT2D eigenvalue weighted by Crippen LogP contribution is 2.28. The zero-order valence-electron chi connectivity index (χ0n) is 27.9. The van der Waals surface area contributed by atoms with Crippen LogP contribution in [0.25, 0.3) is 10.8 Å². The second-order valence-corrected chi connectivity index (χ2v) is 14.0. The number of rotatable bonds is 14. The van der Waals surface area contributed by atoms with E-state index in [9.17, 15) is 22.8 Å². The highest BCUT2D eigenvalue weighted by molar-refractivity contribution is 7.89. The molecule has 0 bridgehead atoms. The summed E-state index contributed by atoms with van der Waals surface area (Å²) < 4.78 is 29.8. The lowest BCUT2D eigenvalue weighted by atomic mass is 9.98. The summed E-state index contributed by atoms with van der Waals surface area (Å²) in [6.45, 7) is 3.28. The molecule has 3 aromatic rings. The lowest BCUT2D eigenvalue weighted by Gasteiger charge is -2.31. The topological polar surface area (TPSA) is 216 Å². The fraction of sp³-hybridized carbons (Fsp3) is 0.412. The largest absolute Gasteiger partial charge is 0.481 e. The molecule has 1 aromatic heterocycles. The van der Waals surface area contributed by atoms with Gasteiger partial charge in [0, 0.05) is 58.1 Å². The Kier molecular flexibility index (Phi) is 13.6. The molecule has 268 valence electrons. The average Bonchev–Trinajstić information content (AvgIpc) is 3.94. The molecule has 50 heavy (non-hydrogen) atoms. The Bertz CT molecular complexity index is 1770. The first-order valence-corrected chi connectivity index (χ1v) is 17.9. The molecule has 1 saturated heterocycles. The molecular formula is C34H44N8O7S. The Balaban J connectivity index is 0.00000133. The van der Waals surface area contributed by atoms with Gasteiger partial charge in [-0.25, -0.2) is 8.42 Å². The SMILES string of the molecule is CC(=O)O.NN=CN1CCC[C@@H](CNC(=O)C[C@H](NS(=O)(=O)c2ccc3ccccc3c2)C(=O)N(CCNC(=O)c2cccnc2)C2CC2)C1. The number of sulfonamides is 1. The van der Waals surface area contributed by atoms with Gasteiger partial charge in [-0.3, -0.25) is 24.2 Å². The van der Waals surface area contributed by atoms with Gasteiger partial charge in [-0.15, -0.1) is 0 Å². The summed E-state index contributed by atoms with van der Waals surface area (Å²) in [4.78, 5) is 56.3. The van der Waals surface area contributed by atoms with Gasteiger partial charge >= 0.3 is 0 Å². The van der Waals surface area contributed by atoms with Crippen molar-refractivity contribution in [3.8, 4) is 0 Å². The van der Waals surface area contributed by atoms with Crippen LogP contribution < -0.4 is 21.2 Å². The number of piperidine rings is 1. The highest BCUT2D eigenvalue weighted by atomic mass is 32.2. The zero-order chi connectivity index (χ0) is 36.1. The van der Waals surface area contributed by atoms with E-state index in [4.69, 9.17) is 15.7 Å². The number of fused-ring (bicyclic) bond motifs is 1. The van der Waals surface area contributed by atoms with Crippen LogP contribution in [-0.2, 0) is 24.4 Å². The minimum Gasteiger partial charge on any atom is -0.481 e. The summed E-state index contributed by atoms with van der Waals surface area (Å²) in [6.07, 6.45) is 7.56. The van der Waals surface area contributed by atoms with Crippen LogP contribution in [0, 0.1) is 5.92 Å². The van der Waals surface area contributed by atoms with Crippen molar-refractivity contribution in [2.24, 2.45) is 16.9 Å². The maximum Gasteiger partial charge on any atom is 0.300 e. The summed E-state index contributed by atoms with van der Waals surface area (Å²) in [6, 6.07) is 14.0. The second-order valence-electron chi connectivity index (χ2n) is 12.2. The number of carbonyl (C=O) groups excluding carboxylic acids is 3. The minimum absolute atomic E-state index is 0.00465. The fourth-order valence-electron chi connectivity index (χ4n) is 5.70. The average molecular weight is 709 g/mol. The van der Waals surface area contributed by atoms with Crippen LogP contribution in [0.3, 0.4) is 0 Å². The third kappa shape index (κ3) is 11.5. The molecule has 3 amide bonds. The zero-order valence-corrected chi connectivity index (χ0v) is 28.7. The number of benzene rings is 2. The van der Waals surface area contributed by atoms with E-state index < -0.39 is 33.8 Å². The van der Waals surface area contributed by atoms with Crippen molar-refractivity contribution >= 4 is 50.8 Å². The van der Waals surface area contributed by atoms with Gasteiger partial charge in [0.2, 0.25) is 21.8 Å². The van der Waals surface area contributed by atoms with Gasteiger partial charge in [-0.1, -0.05) is 30.3 Å². The molecule has 5 rings (SSSR count). The molecule has 6 N–H and O–H groups in total. The number of hydrazone groups is 1. The van der Waals surface area contributed by atoms with Gasteiger partial charge in [0.1, 0.15) is 12.4 Å². The van der Waals surface area contributed by atoms with E-state index in [1.807, 2.05) is 29.2 Å². The number of pyridine rings is 1. The summed E-state index contributed by atoms with van der Waals surface area (Å²) in [5, 5.41) is 18.3. The molecule has 2 aromatic carbocycles. The van der Waals surface area contributed by atoms with E-state index in [2.05, 4.69) is 25.4 Å². The monoisotopic (exact) mass is 708 g/mol. The molecule has 0 radical (unpaired) electrons. The number of nitrogens with two attached hydrogens (primary N) is 1. The van der Waals surface area contributed by atoms with Crippen molar-refractivity contribution in [2.45, 2.75) is 56.0 Å². The fourth-order valence-corrected chi connectivity index (χ4v) is 6.92. The predicted octanol–water partition coefficient (Wildman–Crippen LogP) is 1.51. The highest BCUT2D eigenvalue weighted by Gasteiger charge is 2.38. The molecule has 1 saturated carbocycles. The van der Waals surface area contributed by atoms with Crippen LogP contribution in [0.5, 0.6) is 0 Å². The number of nitrogens with one attached hydrogen (secondary N) is 3. The third-order valence-corrected chi connectivity index (χ3v) is 9.69. The maximum atomic E-state index is 14.0. The van der Waals surface area contributed by atoms with E-state index >= 15 is 0 Å². The number of likely N-dealkylation sites (tertiary alicyclic amines) is 1. The van der Waals surface area contributed by atoms with E-state index in [1.165, 1.54) is 12.3 Å². The van der Waals surface area contributed by atoms with Gasteiger partial charge in [0.15, 0.2) is 0 Å². The molecule has 1 aliphatic carbocycles. The van der Waals surface area contributed by atoms with Crippen molar-refractivity contribution in [2.75, 3.05) is 32.7 Å². The lowest BCUT2D eigenvalue weighted by Crippen LogP contribution is -2.52. The van der Waals surface area contributed by atoms with Crippen LogP contribution in [0.2, 0.25) is 0 Å². The van der Waals surface area contributed by atoms with Crippen molar-refractivity contribution in [3.63, 3.8) is 0 Å². The Morgan fingerprint density at radius 2 is 1.82 bits per heavy atom. The van der Waals surface area contributed by atoms with Crippen molar-refractivity contribution in [1.29, 1.82) is 0 Å². The van der Waals surface area contributed by atoms with E-state index in [0.29, 0.717) is 18.7 Å². The number of aliphatic carboxylic acids is 1. The molecule has 2 aliphatic rings. The maximum absolute atomic E-state index is 14.0. The number of amides is 3. The third-order valence-electron chi connectivity index (χ3n) is 8.22. The van der Waals surface area contributed by atoms with Gasteiger partial charge in [-0.05, 0) is 66.6 Å². The van der Waals surface area contributed by atoms with Gasteiger partial charge < -0.3 is 31.4 Å². The van der Waals surface area contributed by atoms with E-state index in [-0.39, 0.29) is 42.3 Å². The van der Waals surface area contributed by atoms with Crippen LogP contribution in [0.15, 0.2) is 77.0 Å². The predicted molar refractivity (Wildman–Crippen MR) is 187 cm³/mol. The summed E-state index contributed by atoms with van der Waals surface area (Å²) >= 11 is 0. The van der Waals surface area contributed by atoms with Crippen LogP contribution in [-0.4, -0.2) is 103 Å². The minimum atomic E-state index is -4.19. The van der Waals surface area contributed by atoms with Crippen LogP contribution in [0.4, 0.5) is 0 Å². The van der Waals surface area contributed by atoms with E-state index in [1.54, 1.807) is 41.7 Å². The van der Waals surface area contributed by atoms with Crippen LogP contribution in [0.1, 0.15) is 49.4 Å². The Hall–Kier alpha value is -5.09. The molecule has 2 heterocycles. The quantitative estimate of drug-likeness (QED) is 0.0704. The second kappa shape index (κ2) is 18.1. The van der Waals surface area contributed by atoms with Crippen LogP contribution >= 0.6 is 0 Å². The van der Waals surface area contributed by atoms with Gasteiger partial charge in [0.05, 0.1) is 16.9 Å². The Morgan fingerprint density at radius 1 is 1.08 bits per heavy atom. The molecule has 15 nitrogen and oxygen atoms in total. The molecular weight excluding hydrogens is 664 g/mol. The smallest absolute Gasteiger partial charge is 0.300 e. The first-order chi connectivity index (χ1) is 24.0. The number of carboxylic acid groups (broad SMARTS) is 1.